The first-order valence-corrected chi connectivity index (χ1v) is 11.7. The van der Waals surface area contributed by atoms with Crippen LogP contribution in [0.2, 0.25) is 0 Å². The summed E-state index contributed by atoms with van der Waals surface area (Å²) in [6.07, 6.45) is 2.98. The average Bonchev–Trinajstić information content (AvgIpc) is 2.96. The number of nitrogens with one attached hydrogen (secondary N) is 1. The molecular formula is C25H39NO5. The van der Waals surface area contributed by atoms with E-state index in [1.807, 2.05) is 13.0 Å². The standard InChI is InChI=1S/C25H39NO5/c1-13(2)6-19-23-16(5)15(4)9-18-8-14(3)7-17(12-27)10-20(28)21(29)11-22(30)25(18,23)24(31)26-19/h8-9,13,16-21,23,27-29H,6-7,10-12H2,1-5H3,(H,26,31)/t16-,17+,18+,19+,20+,21+,23+,25-/m1/s1. The van der Waals surface area contributed by atoms with Crippen LogP contribution in [0.5, 0.6) is 0 Å². The van der Waals surface area contributed by atoms with Crippen LogP contribution in [-0.2, 0) is 9.59 Å². The second-order valence-electron chi connectivity index (χ2n) is 10.6. The molecule has 0 unspecified atom stereocenters. The van der Waals surface area contributed by atoms with Crippen LogP contribution in [0.15, 0.2) is 23.3 Å². The maximum atomic E-state index is 13.8. The van der Waals surface area contributed by atoms with E-state index in [4.69, 9.17) is 0 Å². The van der Waals surface area contributed by atoms with Crippen molar-refractivity contribution in [2.75, 3.05) is 6.61 Å². The highest BCUT2D eigenvalue weighted by molar-refractivity contribution is 6.09. The molecule has 0 aromatic rings. The molecule has 2 aliphatic carbocycles. The molecule has 4 N–H and O–H groups in total. The molecule has 6 heteroatoms. The SMILES string of the molecule is CC1=C[C@H]2C=C(C)[C@@H](C)[C@H]3[C@H](CC(C)C)NC(=O)[C@@]23C(=O)C[C@H](O)[C@@H](O)C[C@@H](CO)C1. The number of aliphatic hydroxyl groups excluding tert-OH is 3. The molecule has 8 atom stereocenters. The van der Waals surface area contributed by atoms with E-state index in [2.05, 4.69) is 39.1 Å². The Morgan fingerprint density at radius 2 is 1.81 bits per heavy atom. The highest BCUT2D eigenvalue weighted by Crippen LogP contribution is 2.55. The summed E-state index contributed by atoms with van der Waals surface area (Å²) in [6, 6.07) is -0.108. The Kier molecular flexibility index (Phi) is 7.14. The monoisotopic (exact) mass is 433 g/mol. The van der Waals surface area contributed by atoms with Crippen LogP contribution in [0.25, 0.3) is 0 Å². The van der Waals surface area contributed by atoms with E-state index in [1.165, 1.54) is 5.57 Å². The summed E-state index contributed by atoms with van der Waals surface area (Å²) in [5.41, 5.74) is 0.874. The van der Waals surface area contributed by atoms with Gasteiger partial charge < -0.3 is 20.6 Å². The largest absolute Gasteiger partial charge is 0.396 e. The third-order valence-electron chi connectivity index (χ3n) is 7.81. The van der Waals surface area contributed by atoms with Gasteiger partial charge in [0.15, 0.2) is 5.78 Å². The summed E-state index contributed by atoms with van der Waals surface area (Å²) in [7, 11) is 0. The lowest BCUT2D eigenvalue weighted by Crippen LogP contribution is -2.53. The first kappa shape index (κ1) is 24.1. The van der Waals surface area contributed by atoms with Gasteiger partial charge in [0, 0.05) is 30.9 Å². The minimum absolute atomic E-state index is 0.0500. The molecule has 3 aliphatic rings. The van der Waals surface area contributed by atoms with E-state index in [-0.39, 0.29) is 54.9 Å². The van der Waals surface area contributed by atoms with Crippen molar-refractivity contribution in [3.05, 3.63) is 23.3 Å². The van der Waals surface area contributed by atoms with Gasteiger partial charge in [0.25, 0.3) is 0 Å². The van der Waals surface area contributed by atoms with Crippen molar-refractivity contribution in [2.24, 2.45) is 35.0 Å². The summed E-state index contributed by atoms with van der Waals surface area (Å²) in [5.74, 6) is -0.941. The topological polar surface area (TPSA) is 107 Å². The number of Topliss-reactive ketones (excluding diaryl/α,β-unsaturated/α-hetero) is 1. The molecule has 3 rings (SSSR count). The predicted octanol–water partition coefficient (Wildman–Crippen LogP) is 2.38. The fourth-order valence-corrected chi connectivity index (χ4v) is 6.25. The van der Waals surface area contributed by atoms with Gasteiger partial charge in [-0.05, 0) is 50.9 Å². The minimum Gasteiger partial charge on any atom is -0.396 e. The molecule has 1 heterocycles. The molecule has 174 valence electrons. The van der Waals surface area contributed by atoms with Crippen LogP contribution in [-0.4, -0.2) is 51.9 Å². The van der Waals surface area contributed by atoms with Gasteiger partial charge in [-0.1, -0.05) is 44.1 Å². The molecular weight excluding hydrogens is 394 g/mol. The molecule has 0 saturated carbocycles. The van der Waals surface area contributed by atoms with Crippen molar-refractivity contribution in [2.45, 2.75) is 78.6 Å². The third-order valence-corrected chi connectivity index (χ3v) is 7.81. The van der Waals surface area contributed by atoms with Crippen LogP contribution in [0.4, 0.5) is 0 Å². The quantitative estimate of drug-likeness (QED) is 0.404. The van der Waals surface area contributed by atoms with E-state index in [1.54, 1.807) is 0 Å². The maximum absolute atomic E-state index is 13.8. The van der Waals surface area contributed by atoms with Crippen LogP contribution in [0.1, 0.15) is 60.3 Å². The van der Waals surface area contributed by atoms with Gasteiger partial charge >= 0.3 is 0 Å². The lowest BCUT2D eigenvalue weighted by Gasteiger charge is -2.45. The van der Waals surface area contributed by atoms with Crippen LogP contribution in [0, 0.1) is 35.0 Å². The van der Waals surface area contributed by atoms with Gasteiger partial charge in [0.05, 0.1) is 12.2 Å². The lowest BCUT2D eigenvalue weighted by atomic mass is 9.54. The summed E-state index contributed by atoms with van der Waals surface area (Å²) in [4.78, 5) is 27.5. The number of allylic oxidation sites excluding steroid dienone is 4. The molecule has 31 heavy (non-hydrogen) atoms. The van der Waals surface area contributed by atoms with Crippen molar-refractivity contribution < 1.29 is 24.9 Å². The molecule has 1 spiro atoms. The Labute approximate surface area is 185 Å². The second kappa shape index (κ2) is 9.16. The first-order valence-electron chi connectivity index (χ1n) is 11.7. The summed E-state index contributed by atoms with van der Waals surface area (Å²) < 4.78 is 0. The Bertz CT molecular complexity index is 772. The van der Waals surface area contributed by atoms with Gasteiger partial charge in [-0.15, -0.1) is 0 Å². The van der Waals surface area contributed by atoms with Crippen molar-refractivity contribution in [1.29, 1.82) is 0 Å². The summed E-state index contributed by atoms with van der Waals surface area (Å²) >= 11 is 0. The van der Waals surface area contributed by atoms with Crippen LogP contribution in [0.3, 0.4) is 0 Å². The van der Waals surface area contributed by atoms with Gasteiger partial charge in [-0.25, -0.2) is 0 Å². The second-order valence-corrected chi connectivity index (χ2v) is 10.6. The van der Waals surface area contributed by atoms with Gasteiger partial charge in [-0.2, -0.15) is 0 Å². The summed E-state index contributed by atoms with van der Waals surface area (Å²) in [5, 5.41) is 34.1. The summed E-state index contributed by atoms with van der Waals surface area (Å²) in [6.45, 7) is 10.2. The molecule has 6 nitrogen and oxygen atoms in total. The minimum atomic E-state index is -1.28. The Morgan fingerprint density at radius 3 is 2.42 bits per heavy atom. The van der Waals surface area contributed by atoms with Crippen molar-refractivity contribution in [3.63, 3.8) is 0 Å². The fourth-order valence-electron chi connectivity index (χ4n) is 6.25. The Morgan fingerprint density at radius 1 is 1.13 bits per heavy atom. The van der Waals surface area contributed by atoms with E-state index in [9.17, 15) is 24.9 Å². The number of hydrogen-bond acceptors (Lipinski definition) is 5. The molecule has 0 aromatic heterocycles. The molecule has 0 radical (unpaired) electrons. The molecule has 0 aromatic carbocycles. The smallest absolute Gasteiger partial charge is 0.235 e. The van der Waals surface area contributed by atoms with E-state index in [0.29, 0.717) is 12.3 Å². The third kappa shape index (κ3) is 4.27. The molecule has 1 aliphatic heterocycles. The zero-order valence-electron chi connectivity index (χ0n) is 19.5. The molecule has 1 amide bonds. The lowest BCUT2D eigenvalue weighted by molar-refractivity contribution is -0.147. The molecule has 1 fully saturated rings. The fraction of sp³-hybridized carbons (Fsp3) is 0.760. The Hall–Kier alpha value is -1.50. The number of ketones is 1. The average molecular weight is 434 g/mol. The van der Waals surface area contributed by atoms with Gasteiger partial charge in [0.1, 0.15) is 5.41 Å². The number of aliphatic hydroxyl groups is 3. The zero-order chi connectivity index (χ0) is 23.1. The van der Waals surface area contributed by atoms with E-state index >= 15 is 0 Å². The molecule has 0 bridgehead atoms. The number of carbonyl (C=O) groups excluding carboxylic acids is 2. The predicted molar refractivity (Wildman–Crippen MR) is 119 cm³/mol. The van der Waals surface area contributed by atoms with Crippen LogP contribution >= 0.6 is 0 Å². The number of amides is 1. The van der Waals surface area contributed by atoms with Crippen LogP contribution < -0.4 is 5.32 Å². The maximum Gasteiger partial charge on any atom is 0.235 e. The van der Waals surface area contributed by atoms with E-state index in [0.717, 1.165) is 12.0 Å². The number of carbonyl (C=O) groups is 2. The van der Waals surface area contributed by atoms with E-state index < -0.39 is 23.5 Å². The normalized spacial score (nSPS) is 41.6. The highest BCUT2D eigenvalue weighted by Gasteiger charge is 2.65. The number of hydrogen-bond donors (Lipinski definition) is 4. The van der Waals surface area contributed by atoms with Crippen molar-refractivity contribution >= 4 is 11.7 Å². The van der Waals surface area contributed by atoms with Gasteiger partial charge in [0.2, 0.25) is 5.91 Å². The van der Waals surface area contributed by atoms with Gasteiger partial charge in [-0.3, -0.25) is 9.59 Å². The Balaban J connectivity index is 2.18. The highest BCUT2D eigenvalue weighted by atomic mass is 16.3. The van der Waals surface area contributed by atoms with Crippen molar-refractivity contribution in [3.8, 4) is 0 Å². The zero-order valence-corrected chi connectivity index (χ0v) is 19.5. The first-order chi connectivity index (χ1) is 14.5. The molecule has 1 saturated heterocycles. The van der Waals surface area contributed by atoms with Crippen molar-refractivity contribution in [1.82, 2.24) is 5.32 Å². The number of rotatable bonds is 3.